The van der Waals surface area contributed by atoms with E-state index in [0.717, 1.165) is 10.0 Å². The summed E-state index contributed by atoms with van der Waals surface area (Å²) in [4.78, 5) is 15.7. The number of hydrogen-bond donors (Lipinski definition) is 2. The topological polar surface area (TPSA) is 62.3 Å². The van der Waals surface area contributed by atoms with Crippen molar-refractivity contribution < 1.29 is 9.84 Å². The molecule has 1 heterocycles. The molecule has 0 bridgehead atoms. The molecule has 0 aliphatic carbocycles. The standard InChI is InChI=1S/C16H12BrNO3/c1-21-11-6-13-15(14(19)7-11)16(20)12(8-18-13)9-3-2-4-10(17)5-9/h2-8,19H,1H3,(H,18,20). The van der Waals surface area contributed by atoms with E-state index in [2.05, 4.69) is 20.9 Å². The summed E-state index contributed by atoms with van der Waals surface area (Å²) < 4.78 is 5.97. The number of pyridine rings is 1. The van der Waals surface area contributed by atoms with Gasteiger partial charge in [-0.15, -0.1) is 0 Å². The monoisotopic (exact) mass is 345 g/mol. The van der Waals surface area contributed by atoms with E-state index in [0.29, 0.717) is 16.8 Å². The third kappa shape index (κ3) is 2.40. The van der Waals surface area contributed by atoms with Crippen molar-refractivity contribution >= 4 is 26.8 Å². The van der Waals surface area contributed by atoms with Gasteiger partial charge in [-0.3, -0.25) is 4.79 Å². The highest BCUT2D eigenvalue weighted by molar-refractivity contribution is 9.10. The van der Waals surface area contributed by atoms with Crippen molar-refractivity contribution in [3.8, 4) is 22.6 Å². The van der Waals surface area contributed by atoms with Crippen molar-refractivity contribution in [1.82, 2.24) is 4.98 Å². The minimum atomic E-state index is -0.220. The number of fused-ring (bicyclic) bond motifs is 1. The summed E-state index contributed by atoms with van der Waals surface area (Å²) in [7, 11) is 1.51. The number of aromatic hydroxyl groups is 1. The summed E-state index contributed by atoms with van der Waals surface area (Å²) in [5.41, 5.74) is 1.60. The normalized spacial score (nSPS) is 10.8. The van der Waals surface area contributed by atoms with Gasteiger partial charge < -0.3 is 14.8 Å². The SMILES string of the molecule is COc1cc(O)c2c(=O)c(-c3cccc(Br)c3)c[nH]c2c1. The summed E-state index contributed by atoms with van der Waals surface area (Å²) in [5, 5.41) is 10.3. The Morgan fingerprint density at radius 2 is 2.05 bits per heavy atom. The largest absolute Gasteiger partial charge is 0.507 e. The molecule has 0 saturated carbocycles. The van der Waals surface area contributed by atoms with E-state index in [9.17, 15) is 9.90 Å². The van der Waals surface area contributed by atoms with Crippen molar-refractivity contribution in [1.29, 1.82) is 0 Å². The van der Waals surface area contributed by atoms with Crippen LogP contribution in [0.4, 0.5) is 0 Å². The number of aromatic amines is 1. The molecule has 0 unspecified atom stereocenters. The zero-order valence-electron chi connectivity index (χ0n) is 11.2. The van der Waals surface area contributed by atoms with Crippen LogP contribution in [0.15, 0.2) is 51.9 Å². The smallest absolute Gasteiger partial charge is 0.200 e. The maximum Gasteiger partial charge on any atom is 0.200 e. The third-order valence-corrected chi connectivity index (χ3v) is 3.80. The number of benzene rings is 2. The van der Waals surface area contributed by atoms with Gasteiger partial charge in [-0.1, -0.05) is 28.1 Å². The number of nitrogens with one attached hydrogen (secondary N) is 1. The zero-order chi connectivity index (χ0) is 15.0. The number of phenols is 1. The Labute approximate surface area is 129 Å². The van der Waals surface area contributed by atoms with E-state index in [-0.39, 0.29) is 16.6 Å². The molecule has 5 heteroatoms. The van der Waals surface area contributed by atoms with Gasteiger partial charge >= 0.3 is 0 Å². The van der Waals surface area contributed by atoms with Crippen molar-refractivity contribution in [2.75, 3.05) is 7.11 Å². The summed E-state index contributed by atoms with van der Waals surface area (Å²) in [5.74, 6) is 0.397. The number of phenolic OH excluding ortho intramolecular Hbond substituents is 1. The van der Waals surface area contributed by atoms with E-state index in [1.165, 1.54) is 13.2 Å². The van der Waals surface area contributed by atoms with Gasteiger partial charge in [-0.05, 0) is 17.7 Å². The molecule has 0 radical (unpaired) electrons. The predicted molar refractivity (Wildman–Crippen MR) is 85.9 cm³/mol. The van der Waals surface area contributed by atoms with Crippen LogP contribution in [-0.4, -0.2) is 17.2 Å². The predicted octanol–water partition coefficient (Wildman–Crippen LogP) is 3.67. The van der Waals surface area contributed by atoms with Gasteiger partial charge in [0.15, 0.2) is 0 Å². The van der Waals surface area contributed by atoms with Crippen LogP contribution in [-0.2, 0) is 0 Å². The van der Waals surface area contributed by atoms with Gasteiger partial charge in [0.2, 0.25) is 5.43 Å². The van der Waals surface area contributed by atoms with Gasteiger partial charge in [0.25, 0.3) is 0 Å². The second kappa shape index (κ2) is 5.26. The van der Waals surface area contributed by atoms with Crippen LogP contribution in [0, 0.1) is 0 Å². The first-order chi connectivity index (χ1) is 10.1. The van der Waals surface area contributed by atoms with Crippen LogP contribution in [0.2, 0.25) is 0 Å². The first-order valence-electron chi connectivity index (χ1n) is 6.28. The van der Waals surface area contributed by atoms with Crippen LogP contribution in [0.25, 0.3) is 22.0 Å². The lowest BCUT2D eigenvalue weighted by atomic mass is 10.0. The molecule has 0 spiro atoms. The fourth-order valence-corrected chi connectivity index (χ4v) is 2.69. The minimum absolute atomic E-state index is 0.0950. The Balaban J connectivity index is 2.31. The number of ether oxygens (including phenoxy) is 1. The van der Waals surface area contributed by atoms with E-state index in [1.54, 1.807) is 12.3 Å². The summed E-state index contributed by atoms with van der Waals surface area (Å²) in [6, 6.07) is 10.6. The molecule has 3 aromatic rings. The van der Waals surface area contributed by atoms with Crippen LogP contribution in [0.1, 0.15) is 0 Å². The Hall–Kier alpha value is -2.27. The van der Waals surface area contributed by atoms with Gasteiger partial charge in [-0.2, -0.15) is 0 Å². The quantitative estimate of drug-likeness (QED) is 0.744. The molecule has 3 rings (SSSR count). The first kappa shape index (κ1) is 13.7. The van der Waals surface area contributed by atoms with Gasteiger partial charge in [0.05, 0.1) is 18.0 Å². The van der Waals surface area contributed by atoms with Crippen molar-refractivity contribution in [3.05, 3.63) is 57.3 Å². The maximum absolute atomic E-state index is 12.6. The van der Waals surface area contributed by atoms with Crippen molar-refractivity contribution in [2.24, 2.45) is 0 Å². The van der Waals surface area contributed by atoms with Gasteiger partial charge in [0, 0.05) is 28.4 Å². The fourth-order valence-electron chi connectivity index (χ4n) is 2.29. The Kier molecular flexibility index (Phi) is 3.43. The van der Waals surface area contributed by atoms with Crippen molar-refractivity contribution in [3.63, 3.8) is 0 Å². The lowest BCUT2D eigenvalue weighted by Crippen LogP contribution is -2.06. The molecule has 21 heavy (non-hydrogen) atoms. The molecule has 2 aromatic carbocycles. The molecule has 0 fully saturated rings. The van der Waals surface area contributed by atoms with Crippen LogP contribution >= 0.6 is 15.9 Å². The lowest BCUT2D eigenvalue weighted by Gasteiger charge is -2.07. The Morgan fingerprint density at radius 3 is 2.76 bits per heavy atom. The number of H-pyrrole nitrogens is 1. The van der Waals surface area contributed by atoms with E-state index in [1.807, 2.05) is 24.3 Å². The summed E-state index contributed by atoms with van der Waals surface area (Å²) >= 11 is 3.39. The Morgan fingerprint density at radius 1 is 1.24 bits per heavy atom. The highest BCUT2D eigenvalue weighted by Crippen LogP contribution is 2.29. The minimum Gasteiger partial charge on any atom is -0.507 e. The Bertz CT molecular complexity index is 886. The molecule has 1 aromatic heterocycles. The molecule has 0 atom stereocenters. The van der Waals surface area contributed by atoms with E-state index >= 15 is 0 Å². The second-order valence-electron chi connectivity index (χ2n) is 4.61. The fraction of sp³-hybridized carbons (Fsp3) is 0.0625. The molecular weight excluding hydrogens is 334 g/mol. The molecule has 0 aliphatic rings. The summed E-state index contributed by atoms with van der Waals surface area (Å²) in [6.45, 7) is 0. The second-order valence-corrected chi connectivity index (χ2v) is 5.53. The van der Waals surface area contributed by atoms with E-state index in [4.69, 9.17) is 4.74 Å². The number of rotatable bonds is 2. The molecular formula is C16H12BrNO3. The highest BCUT2D eigenvalue weighted by atomic mass is 79.9. The average Bonchev–Trinajstić information content (AvgIpc) is 2.47. The van der Waals surface area contributed by atoms with Crippen molar-refractivity contribution in [2.45, 2.75) is 0 Å². The number of hydrogen-bond acceptors (Lipinski definition) is 3. The number of halogens is 1. The zero-order valence-corrected chi connectivity index (χ0v) is 12.8. The molecule has 2 N–H and O–H groups in total. The third-order valence-electron chi connectivity index (χ3n) is 3.31. The maximum atomic E-state index is 12.6. The van der Waals surface area contributed by atoms with Crippen LogP contribution < -0.4 is 10.2 Å². The van der Waals surface area contributed by atoms with Crippen LogP contribution in [0.5, 0.6) is 11.5 Å². The van der Waals surface area contributed by atoms with Crippen LogP contribution in [0.3, 0.4) is 0 Å². The first-order valence-corrected chi connectivity index (χ1v) is 7.08. The van der Waals surface area contributed by atoms with Gasteiger partial charge in [0.1, 0.15) is 11.5 Å². The number of methoxy groups -OCH3 is 1. The van der Waals surface area contributed by atoms with E-state index < -0.39 is 0 Å². The molecule has 106 valence electrons. The molecule has 0 saturated heterocycles. The molecule has 4 nitrogen and oxygen atoms in total. The highest BCUT2D eigenvalue weighted by Gasteiger charge is 2.12. The number of aromatic nitrogens is 1. The molecule has 0 aliphatic heterocycles. The summed E-state index contributed by atoms with van der Waals surface area (Å²) in [6.07, 6.45) is 1.64. The lowest BCUT2D eigenvalue weighted by molar-refractivity contribution is 0.409. The average molecular weight is 346 g/mol. The van der Waals surface area contributed by atoms with Gasteiger partial charge in [-0.25, -0.2) is 0 Å². The molecule has 0 amide bonds.